The lowest BCUT2D eigenvalue weighted by Crippen LogP contribution is -3.00. The van der Waals surface area contributed by atoms with Gasteiger partial charge in [-0.3, -0.25) is 4.79 Å². The summed E-state index contributed by atoms with van der Waals surface area (Å²) in [7, 11) is 0. The largest absolute Gasteiger partial charge is 1.00 e. The SMILES string of the molecule is O=C(N[C@@H]1C[N+]2(Cc3ccccc3)CCC1CC2)c1ccccc1.[Br-]. The topological polar surface area (TPSA) is 29.1 Å². The van der Waals surface area contributed by atoms with E-state index >= 15 is 0 Å². The second kappa shape index (κ2) is 7.71. The van der Waals surface area contributed by atoms with Crippen LogP contribution in [0.15, 0.2) is 60.7 Å². The molecule has 0 radical (unpaired) electrons. The van der Waals surface area contributed by atoms with Crippen molar-refractivity contribution in [2.45, 2.75) is 25.4 Å². The second-order valence-electron chi connectivity index (χ2n) is 7.40. The number of rotatable bonds is 4. The summed E-state index contributed by atoms with van der Waals surface area (Å²) in [4.78, 5) is 12.5. The van der Waals surface area contributed by atoms with Crippen LogP contribution in [0.4, 0.5) is 0 Å². The predicted molar refractivity (Wildman–Crippen MR) is 95.4 cm³/mol. The number of quaternary nitrogens is 1. The first-order chi connectivity index (χ1) is 11.7. The first-order valence-corrected chi connectivity index (χ1v) is 8.99. The molecule has 2 aromatic rings. The fraction of sp³-hybridized carbons (Fsp3) is 0.381. The van der Waals surface area contributed by atoms with Crippen LogP contribution < -0.4 is 22.3 Å². The molecule has 1 atom stereocenters. The van der Waals surface area contributed by atoms with Crippen LogP contribution in [0.2, 0.25) is 0 Å². The van der Waals surface area contributed by atoms with E-state index in [0.29, 0.717) is 12.0 Å². The molecule has 3 nitrogen and oxygen atoms in total. The van der Waals surface area contributed by atoms with Crippen LogP contribution in [-0.2, 0) is 6.54 Å². The van der Waals surface area contributed by atoms with E-state index < -0.39 is 0 Å². The van der Waals surface area contributed by atoms with E-state index in [-0.39, 0.29) is 22.9 Å². The molecule has 1 N–H and O–H groups in total. The number of carbonyl (C=O) groups is 1. The van der Waals surface area contributed by atoms with Gasteiger partial charge in [-0.2, -0.15) is 0 Å². The highest BCUT2D eigenvalue weighted by Gasteiger charge is 2.46. The molecule has 132 valence electrons. The molecule has 0 aromatic heterocycles. The molecule has 3 aliphatic rings. The Labute approximate surface area is 160 Å². The van der Waals surface area contributed by atoms with Crippen LogP contribution >= 0.6 is 0 Å². The molecule has 2 aromatic carbocycles. The minimum atomic E-state index is 0. The van der Waals surface area contributed by atoms with Crippen molar-refractivity contribution in [3.63, 3.8) is 0 Å². The van der Waals surface area contributed by atoms with Gasteiger partial charge in [0, 0.05) is 24.0 Å². The van der Waals surface area contributed by atoms with E-state index in [9.17, 15) is 4.79 Å². The molecule has 0 spiro atoms. The van der Waals surface area contributed by atoms with Crippen molar-refractivity contribution in [3.8, 4) is 0 Å². The van der Waals surface area contributed by atoms with Gasteiger partial charge in [0.25, 0.3) is 5.91 Å². The number of halogens is 1. The van der Waals surface area contributed by atoms with E-state index in [1.54, 1.807) is 0 Å². The summed E-state index contributed by atoms with van der Waals surface area (Å²) in [6, 6.07) is 20.7. The van der Waals surface area contributed by atoms with E-state index in [1.165, 1.54) is 31.5 Å². The average molecular weight is 401 g/mol. The van der Waals surface area contributed by atoms with Crippen LogP contribution in [0, 0.1) is 5.92 Å². The van der Waals surface area contributed by atoms with Gasteiger partial charge >= 0.3 is 0 Å². The number of hydrogen-bond acceptors (Lipinski definition) is 1. The molecule has 0 aliphatic carbocycles. The molecular formula is C21H25BrN2O. The fourth-order valence-corrected chi connectivity index (χ4v) is 4.48. The summed E-state index contributed by atoms with van der Waals surface area (Å²) in [5.41, 5.74) is 2.18. The van der Waals surface area contributed by atoms with Crippen molar-refractivity contribution >= 4 is 5.91 Å². The van der Waals surface area contributed by atoms with Gasteiger partial charge in [-0.25, -0.2) is 0 Å². The highest BCUT2D eigenvalue weighted by Crippen LogP contribution is 2.35. The van der Waals surface area contributed by atoms with Gasteiger partial charge < -0.3 is 26.8 Å². The van der Waals surface area contributed by atoms with E-state index in [0.717, 1.165) is 23.1 Å². The summed E-state index contributed by atoms with van der Waals surface area (Å²) in [5, 5.41) is 3.32. The number of nitrogens with one attached hydrogen (secondary N) is 1. The molecule has 4 heteroatoms. The van der Waals surface area contributed by atoms with Gasteiger partial charge in [0.2, 0.25) is 0 Å². The summed E-state index contributed by atoms with van der Waals surface area (Å²) >= 11 is 0. The Kier molecular flexibility index (Phi) is 5.60. The highest BCUT2D eigenvalue weighted by atomic mass is 79.9. The van der Waals surface area contributed by atoms with Crippen LogP contribution in [0.1, 0.15) is 28.8 Å². The van der Waals surface area contributed by atoms with Crippen molar-refractivity contribution < 1.29 is 26.3 Å². The maximum absolute atomic E-state index is 12.5. The Balaban J connectivity index is 0.00000182. The zero-order valence-electron chi connectivity index (χ0n) is 14.4. The average Bonchev–Trinajstić information content (AvgIpc) is 2.64. The van der Waals surface area contributed by atoms with E-state index in [1.807, 2.05) is 30.3 Å². The summed E-state index contributed by atoms with van der Waals surface area (Å²) in [5.74, 6) is 0.723. The number of benzene rings is 2. The number of fused-ring (bicyclic) bond motifs is 3. The van der Waals surface area contributed by atoms with Crippen LogP contribution in [0.3, 0.4) is 0 Å². The summed E-state index contributed by atoms with van der Waals surface area (Å²) < 4.78 is 1.13. The Hall–Kier alpha value is -1.65. The summed E-state index contributed by atoms with van der Waals surface area (Å²) in [6.07, 6.45) is 2.46. The highest BCUT2D eigenvalue weighted by molar-refractivity contribution is 5.94. The molecule has 0 unspecified atom stereocenters. The standard InChI is InChI=1S/C21H24N2O.BrH/c24-21(19-9-5-2-6-10-19)22-20-16-23(13-11-18(20)12-14-23)15-17-7-3-1-4-8-17;/h1-10,18,20H,11-16H2;1H/t18?,20-,23?;/m1./s1. The number of hydrogen-bond donors (Lipinski definition) is 1. The quantitative estimate of drug-likeness (QED) is 0.731. The number of carbonyl (C=O) groups excluding carboxylic acids is 1. The van der Waals surface area contributed by atoms with Crippen LogP contribution in [0.25, 0.3) is 0 Å². The first kappa shape index (κ1) is 18.2. The van der Waals surface area contributed by atoms with Gasteiger partial charge in [0.15, 0.2) is 0 Å². The maximum atomic E-state index is 12.5. The third-order valence-electron chi connectivity index (χ3n) is 5.81. The predicted octanol–water partition coefficient (Wildman–Crippen LogP) is 0.230. The first-order valence-electron chi connectivity index (χ1n) is 8.99. The van der Waals surface area contributed by atoms with Gasteiger partial charge in [0.1, 0.15) is 6.54 Å². The Bertz CT molecular complexity index is 696. The lowest BCUT2D eigenvalue weighted by Gasteiger charge is -2.52. The second-order valence-corrected chi connectivity index (χ2v) is 7.40. The van der Waals surface area contributed by atoms with Crippen LogP contribution in [-0.4, -0.2) is 36.1 Å². The molecule has 1 amide bonds. The maximum Gasteiger partial charge on any atom is 0.251 e. The van der Waals surface area contributed by atoms with Crippen molar-refractivity contribution in [1.29, 1.82) is 0 Å². The van der Waals surface area contributed by atoms with Gasteiger partial charge in [0.05, 0.1) is 25.7 Å². The molecule has 0 saturated carbocycles. The molecule has 25 heavy (non-hydrogen) atoms. The molecule has 3 saturated heterocycles. The van der Waals surface area contributed by atoms with E-state index in [2.05, 4.69) is 35.6 Å². The van der Waals surface area contributed by atoms with Crippen molar-refractivity contribution in [1.82, 2.24) is 5.32 Å². The fourth-order valence-electron chi connectivity index (χ4n) is 4.48. The Morgan fingerprint density at radius 3 is 2.20 bits per heavy atom. The number of piperidine rings is 3. The van der Waals surface area contributed by atoms with Crippen molar-refractivity contribution in [3.05, 3.63) is 71.8 Å². The zero-order valence-corrected chi connectivity index (χ0v) is 16.0. The Morgan fingerprint density at radius 2 is 1.56 bits per heavy atom. The van der Waals surface area contributed by atoms with Crippen LogP contribution in [0.5, 0.6) is 0 Å². The summed E-state index contributed by atoms with van der Waals surface area (Å²) in [6.45, 7) is 4.65. The molecule has 5 rings (SSSR count). The lowest BCUT2D eigenvalue weighted by molar-refractivity contribution is -0.956. The third-order valence-corrected chi connectivity index (χ3v) is 5.81. The van der Waals surface area contributed by atoms with Crippen molar-refractivity contribution in [2.75, 3.05) is 19.6 Å². The molecule has 3 aliphatic heterocycles. The Morgan fingerprint density at radius 1 is 0.960 bits per heavy atom. The van der Waals surface area contributed by atoms with Gasteiger partial charge in [-0.05, 0) is 18.1 Å². The molecule has 3 heterocycles. The molecular weight excluding hydrogens is 376 g/mol. The van der Waals surface area contributed by atoms with Crippen molar-refractivity contribution in [2.24, 2.45) is 5.92 Å². The lowest BCUT2D eigenvalue weighted by atomic mass is 9.81. The molecule has 3 fully saturated rings. The third kappa shape index (κ3) is 3.96. The van der Waals surface area contributed by atoms with Gasteiger partial charge in [-0.1, -0.05) is 48.5 Å². The van der Waals surface area contributed by atoms with E-state index in [4.69, 9.17) is 0 Å². The minimum Gasteiger partial charge on any atom is -1.00 e. The normalized spacial score (nSPS) is 27.4. The molecule has 2 bridgehead atoms. The number of nitrogens with zero attached hydrogens (tertiary/aromatic N) is 1. The smallest absolute Gasteiger partial charge is 0.251 e. The van der Waals surface area contributed by atoms with Gasteiger partial charge in [-0.15, -0.1) is 0 Å². The number of amides is 1. The minimum absolute atomic E-state index is 0. The zero-order chi connectivity index (χ0) is 16.4. The monoisotopic (exact) mass is 400 g/mol.